The minimum absolute atomic E-state index is 0.193. The van der Waals surface area contributed by atoms with Crippen LogP contribution in [0, 0.1) is 0 Å². The average molecular weight is 211 g/mol. The zero-order chi connectivity index (χ0) is 10.4. The van der Waals surface area contributed by atoms with Crippen LogP contribution in [0.4, 0.5) is 0 Å². The Bertz CT molecular complexity index is 256. The van der Waals surface area contributed by atoms with Crippen molar-refractivity contribution in [3.8, 4) is 0 Å². The normalized spacial score (nSPS) is 11.6. The molecule has 1 heterocycles. The fourth-order valence-corrected chi connectivity index (χ4v) is 1.59. The van der Waals surface area contributed by atoms with E-state index < -0.39 is 0 Å². The van der Waals surface area contributed by atoms with Crippen LogP contribution >= 0.6 is 11.8 Å². The summed E-state index contributed by atoms with van der Waals surface area (Å²) in [5, 5.41) is 4.27. The molecule has 0 aliphatic heterocycles. The summed E-state index contributed by atoms with van der Waals surface area (Å²) in [7, 11) is 0. The molecule has 0 amide bonds. The van der Waals surface area contributed by atoms with Gasteiger partial charge in [-0.1, -0.05) is 11.8 Å². The smallest absolute Gasteiger partial charge is 0.187 e. The number of nitrogens with one attached hydrogen (secondary N) is 1. The highest BCUT2D eigenvalue weighted by Crippen LogP contribution is 2.10. The van der Waals surface area contributed by atoms with E-state index in [1.54, 1.807) is 24.2 Å². The number of hydrogen-bond acceptors (Lipinski definition) is 4. The molecule has 0 fully saturated rings. The maximum Gasteiger partial charge on any atom is 0.187 e. The fraction of sp³-hybridized carbons (Fsp3) is 0.600. The third kappa shape index (κ3) is 5.19. The first-order valence-corrected chi connectivity index (χ1v) is 5.71. The van der Waals surface area contributed by atoms with Gasteiger partial charge < -0.3 is 5.32 Å². The van der Waals surface area contributed by atoms with Crippen molar-refractivity contribution in [2.75, 3.05) is 12.3 Å². The Kier molecular flexibility index (Phi) is 4.35. The van der Waals surface area contributed by atoms with E-state index in [1.165, 1.54) is 0 Å². The van der Waals surface area contributed by atoms with Crippen molar-refractivity contribution in [2.24, 2.45) is 0 Å². The van der Waals surface area contributed by atoms with E-state index in [-0.39, 0.29) is 5.54 Å². The van der Waals surface area contributed by atoms with Crippen molar-refractivity contribution in [1.29, 1.82) is 0 Å². The zero-order valence-corrected chi connectivity index (χ0v) is 9.77. The number of thioether (sulfide) groups is 1. The van der Waals surface area contributed by atoms with Gasteiger partial charge in [-0.15, -0.1) is 0 Å². The molecule has 1 N–H and O–H groups in total. The van der Waals surface area contributed by atoms with Crippen LogP contribution in [0.1, 0.15) is 20.8 Å². The maximum atomic E-state index is 4.14. The van der Waals surface area contributed by atoms with Crippen LogP contribution in [0.3, 0.4) is 0 Å². The van der Waals surface area contributed by atoms with Crippen LogP contribution in [-0.2, 0) is 0 Å². The molecule has 0 saturated carbocycles. The summed E-state index contributed by atoms with van der Waals surface area (Å²) in [4.78, 5) is 8.27. The molecule has 14 heavy (non-hydrogen) atoms. The number of hydrogen-bond donors (Lipinski definition) is 1. The lowest BCUT2D eigenvalue weighted by Crippen LogP contribution is -2.37. The Morgan fingerprint density at radius 3 is 2.50 bits per heavy atom. The number of aromatic nitrogens is 2. The highest BCUT2D eigenvalue weighted by atomic mass is 32.2. The predicted molar refractivity (Wildman–Crippen MR) is 60.5 cm³/mol. The highest BCUT2D eigenvalue weighted by molar-refractivity contribution is 7.99. The van der Waals surface area contributed by atoms with Gasteiger partial charge in [-0.05, 0) is 26.8 Å². The Hall–Kier alpha value is -0.610. The van der Waals surface area contributed by atoms with Crippen LogP contribution in [0.2, 0.25) is 0 Å². The second kappa shape index (κ2) is 5.32. The van der Waals surface area contributed by atoms with Gasteiger partial charge in [0.15, 0.2) is 5.16 Å². The number of rotatable bonds is 4. The molecule has 0 saturated heterocycles. The van der Waals surface area contributed by atoms with Crippen LogP contribution in [0.15, 0.2) is 23.6 Å². The fourth-order valence-electron chi connectivity index (χ4n) is 0.928. The molecule has 0 aliphatic carbocycles. The van der Waals surface area contributed by atoms with E-state index in [9.17, 15) is 0 Å². The first kappa shape index (κ1) is 11.5. The first-order chi connectivity index (χ1) is 6.58. The third-order valence-electron chi connectivity index (χ3n) is 1.53. The molecule has 1 rings (SSSR count). The molecule has 0 aliphatic rings. The Labute approximate surface area is 89.7 Å². The molecule has 0 unspecified atom stereocenters. The molecule has 1 aromatic heterocycles. The van der Waals surface area contributed by atoms with Gasteiger partial charge in [0.1, 0.15) is 0 Å². The van der Waals surface area contributed by atoms with E-state index in [4.69, 9.17) is 0 Å². The molecule has 0 aromatic carbocycles. The van der Waals surface area contributed by atoms with Gasteiger partial charge in [0.2, 0.25) is 0 Å². The van der Waals surface area contributed by atoms with Gasteiger partial charge in [-0.3, -0.25) is 0 Å². The Morgan fingerprint density at radius 1 is 1.29 bits per heavy atom. The minimum atomic E-state index is 0.193. The summed E-state index contributed by atoms with van der Waals surface area (Å²) < 4.78 is 0. The third-order valence-corrected chi connectivity index (χ3v) is 2.41. The summed E-state index contributed by atoms with van der Waals surface area (Å²) in [5.74, 6) is 1.00. The van der Waals surface area contributed by atoms with E-state index in [2.05, 4.69) is 36.1 Å². The average Bonchev–Trinajstić information content (AvgIpc) is 2.13. The van der Waals surface area contributed by atoms with Gasteiger partial charge in [-0.25, -0.2) is 9.97 Å². The molecule has 0 radical (unpaired) electrons. The molecule has 1 aromatic rings. The molecule has 0 spiro atoms. The quantitative estimate of drug-likeness (QED) is 0.469. The largest absolute Gasteiger partial charge is 0.311 e. The molecule has 0 bridgehead atoms. The molecular formula is C10H17N3S. The van der Waals surface area contributed by atoms with Crippen molar-refractivity contribution < 1.29 is 0 Å². The van der Waals surface area contributed by atoms with Crippen LogP contribution in [0.5, 0.6) is 0 Å². The molecule has 4 heteroatoms. The van der Waals surface area contributed by atoms with E-state index in [0.29, 0.717) is 0 Å². The standard InChI is InChI=1S/C10H17N3S/c1-10(2,3)13-7-8-14-9-11-5-4-6-12-9/h4-6,13H,7-8H2,1-3H3. The summed E-state index contributed by atoms with van der Waals surface area (Å²) >= 11 is 1.68. The molecular weight excluding hydrogens is 194 g/mol. The summed E-state index contributed by atoms with van der Waals surface area (Å²) in [5.41, 5.74) is 0.193. The van der Waals surface area contributed by atoms with E-state index >= 15 is 0 Å². The summed E-state index contributed by atoms with van der Waals surface area (Å²) in [6.07, 6.45) is 3.54. The molecule has 78 valence electrons. The van der Waals surface area contributed by atoms with E-state index in [0.717, 1.165) is 17.5 Å². The van der Waals surface area contributed by atoms with Gasteiger partial charge in [-0.2, -0.15) is 0 Å². The lowest BCUT2D eigenvalue weighted by Gasteiger charge is -2.19. The van der Waals surface area contributed by atoms with Crippen LogP contribution < -0.4 is 5.32 Å². The topological polar surface area (TPSA) is 37.8 Å². The van der Waals surface area contributed by atoms with Crippen molar-refractivity contribution in [3.05, 3.63) is 18.5 Å². The minimum Gasteiger partial charge on any atom is -0.311 e. The molecule has 0 atom stereocenters. The van der Waals surface area contributed by atoms with Crippen molar-refractivity contribution >= 4 is 11.8 Å². The SMILES string of the molecule is CC(C)(C)NCCSc1ncccn1. The lowest BCUT2D eigenvalue weighted by atomic mass is 10.1. The molecule has 3 nitrogen and oxygen atoms in total. The van der Waals surface area contributed by atoms with Crippen molar-refractivity contribution in [2.45, 2.75) is 31.5 Å². The highest BCUT2D eigenvalue weighted by Gasteiger charge is 2.07. The number of nitrogens with zero attached hydrogens (tertiary/aromatic N) is 2. The van der Waals surface area contributed by atoms with Gasteiger partial charge >= 0.3 is 0 Å². The maximum absolute atomic E-state index is 4.14. The van der Waals surface area contributed by atoms with Crippen molar-refractivity contribution in [1.82, 2.24) is 15.3 Å². The van der Waals surface area contributed by atoms with Crippen LogP contribution in [0.25, 0.3) is 0 Å². The summed E-state index contributed by atoms with van der Waals surface area (Å²) in [6, 6.07) is 1.83. The lowest BCUT2D eigenvalue weighted by molar-refractivity contribution is 0.441. The Balaban J connectivity index is 2.17. The zero-order valence-electron chi connectivity index (χ0n) is 8.95. The monoisotopic (exact) mass is 211 g/mol. The van der Waals surface area contributed by atoms with Gasteiger partial charge in [0.25, 0.3) is 0 Å². The van der Waals surface area contributed by atoms with E-state index in [1.807, 2.05) is 6.07 Å². The first-order valence-electron chi connectivity index (χ1n) is 4.73. The Morgan fingerprint density at radius 2 is 1.93 bits per heavy atom. The van der Waals surface area contributed by atoms with Crippen LogP contribution in [-0.4, -0.2) is 27.8 Å². The second-order valence-corrected chi connectivity index (χ2v) is 5.12. The predicted octanol–water partition coefficient (Wildman–Crippen LogP) is 1.96. The van der Waals surface area contributed by atoms with Crippen molar-refractivity contribution in [3.63, 3.8) is 0 Å². The van der Waals surface area contributed by atoms with Gasteiger partial charge in [0, 0.05) is 30.2 Å². The summed E-state index contributed by atoms with van der Waals surface area (Å²) in [6.45, 7) is 7.47. The second-order valence-electron chi connectivity index (χ2n) is 4.06. The van der Waals surface area contributed by atoms with Gasteiger partial charge in [0.05, 0.1) is 0 Å².